The number of nitro groups is 1. The zero-order chi connectivity index (χ0) is 22.9. The number of fused-ring (bicyclic) bond motifs is 1. The number of rotatable bonds is 6. The Morgan fingerprint density at radius 3 is 2.64 bits per heavy atom. The third-order valence-electron chi connectivity index (χ3n) is 5.52. The van der Waals surface area contributed by atoms with Gasteiger partial charge in [-0.3, -0.25) is 9.55 Å². The standard InChI is InChI=1S/C23H19N7O2S/c1-16-25-15-21(30(31)32)27(16)12-13-28-23(33)29(22(26-28)18-8-5-11-24-14-18)20-10-4-7-17-6-2-3-9-19(17)20/h2-11,14-15H,12-13H2,1H3. The lowest BCUT2D eigenvalue weighted by molar-refractivity contribution is -0.392. The summed E-state index contributed by atoms with van der Waals surface area (Å²) in [5.41, 5.74) is 1.73. The van der Waals surface area contributed by atoms with E-state index in [1.54, 1.807) is 28.6 Å². The van der Waals surface area contributed by atoms with Crippen molar-refractivity contribution in [1.82, 2.24) is 28.9 Å². The summed E-state index contributed by atoms with van der Waals surface area (Å²) in [5.74, 6) is 1.16. The van der Waals surface area contributed by atoms with Crippen LogP contribution in [0.3, 0.4) is 0 Å². The molecule has 5 rings (SSSR count). The number of aromatic nitrogens is 6. The van der Waals surface area contributed by atoms with Crippen molar-refractivity contribution in [2.45, 2.75) is 20.0 Å². The van der Waals surface area contributed by atoms with Crippen LogP contribution in [0.5, 0.6) is 0 Å². The Labute approximate surface area is 193 Å². The molecule has 0 saturated heterocycles. The maximum atomic E-state index is 11.4. The fourth-order valence-corrected chi connectivity index (χ4v) is 4.25. The minimum atomic E-state index is -0.435. The molecule has 5 aromatic rings. The molecule has 0 aliphatic rings. The predicted octanol–water partition coefficient (Wildman–Crippen LogP) is 4.73. The van der Waals surface area contributed by atoms with Crippen molar-refractivity contribution in [2.75, 3.05) is 0 Å². The summed E-state index contributed by atoms with van der Waals surface area (Å²) in [6.45, 7) is 2.40. The minimum absolute atomic E-state index is 0.0556. The van der Waals surface area contributed by atoms with Gasteiger partial charge in [-0.25, -0.2) is 14.2 Å². The number of imidazole rings is 1. The van der Waals surface area contributed by atoms with Gasteiger partial charge in [-0.2, -0.15) is 5.10 Å². The van der Waals surface area contributed by atoms with E-state index in [0.717, 1.165) is 22.0 Å². The van der Waals surface area contributed by atoms with E-state index < -0.39 is 4.92 Å². The summed E-state index contributed by atoms with van der Waals surface area (Å²) < 4.78 is 5.68. The lowest BCUT2D eigenvalue weighted by Crippen LogP contribution is -2.12. The maximum Gasteiger partial charge on any atom is 0.342 e. The van der Waals surface area contributed by atoms with E-state index in [1.165, 1.54) is 6.20 Å². The summed E-state index contributed by atoms with van der Waals surface area (Å²) in [7, 11) is 0. The number of aryl methyl sites for hydroxylation is 2. The van der Waals surface area contributed by atoms with E-state index in [9.17, 15) is 10.1 Å². The third-order valence-corrected chi connectivity index (χ3v) is 5.92. The summed E-state index contributed by atoms with van der Waals surface area (Å²) in [5, 5.41) is 18.3. The van der Waals surface area contributed by atoms with E-state index in [-0.39, 0.29) is 5.82 Å². The zero-order valence-corrected chi connectivity index (χ0v) is 18.5. The average molecular weight is 458 g/mol. The van der Waals surface area contributed by atoms with Crippen molar-refractivity contribution in [3.63, 3.8) is 0 Å². The maximum absolute atomic E-state index is 11.4. The number of hydrogen-bond donors (Lipinski definition) is 0. The molecule has 33 heavy (non-hydrogen) atoms. The van der Waals surface area contributed by atoms with Gasteiger partial charge in [0.15, 0.2) is 11.6 Å². The van der Waals surface area contributed by atoms with Gasteiger partial charge in [-0.15, -0.1) is 0 Å². The fraction of sp³-hybridized carbons (Fsp3) is 0.130. The first-order chi connectivity index (χ1) is 16.0. The van der Waals surface area contributed by atoms with Crippen molar-refractivity contribution in [1.29, 1.82) is 0 Å². The Morgan fingerprint density at radius 2 is 1.85 bits per heavy atom. The third kappa shape index (κ3) is 3.70. The van der Waals surface area contributed by atoms with Crippen LogP contribution in [0.25, 0.3) is 27.8 Å². The number of benzene rings is 2. The highest BCUT2D eigenvalue weighted by Crippen LogP contribution is 2.28. The highest BCUT2D eigenvalue weighted by atomic mass is 32.1. The SMILES string of the molecule is Cc1ncc([N+](=O)[O-])n1CCn1nc(-c2cccnc2)n(-c2cccc3ccccc23)c1=S. The van der Waals surface area contributed by atoms with E-state index in [2.05, 4.69) is 28.2 Å². The number of nitrogens with zero attached hydrogens (tertiary/aromatic N) is 7. The van der Waals surface area contributed by atoms with E-state index in [0.29, 0.717) is 29.5 Å². The van der Waals surface area contributed by atoms with E-state index in [1.807, 2.05) is 41.0 Å². The van der Waals surface area contributed by atoms with Crippen molar-refractivity contribution in [3.8, 4) is 17.1 Å². The Hall–Kier alpha value is -4.18. The van der Waals surface area contributed by atoms with Gasteiger partial charge in [-0.1, -0.05) is 36.4 Å². The molecule has 0 amide bonds. The van der Waals surface area contributed by atoms with Crippen molar-refractivity contribution in [3.05, 3.63) is 93.9 Å². The molecule has 0 radical (unpaired) electrons. The predicted molar refractivity (Wildman–Crippen MR) is 127 cm³/mol. The first kappa shape index (κ1) is 20.7. The Balaban J connectivity index is 1.65. The quantitative estimate of drug-likeness (QED) is 0.208. The molecule has 0 spiro atoms. The van der Waals surface area contributed by atoms with Gasteiger partial charge >= 0.3 is 5.82 Å². The van der Waals surface area contributed by atoms with Gasteiger partial charge in [0.25, 0.3) is 0 Å². The molecule has 0 aliphatic carbocycles. The van der Waals surface area contributed by atoms with Crippen LogP contribution in [0.15, 0.2) is 73.2 Å². The monoisotopic (exact) mass is 457 g/mol. The van der Waals surface area contributed by atoms with Gasteiger partial charge in [0.2, 0.25) is 4.77 Å². The molecule has 0 atom stereocenters. The topological polar surface area (TPSA) is 96.6 Å². The molecule has 0 unspecified atom stereocenters. The van der Waals surface area contributed by atoms with Crippen LogP contribution in [-0.2, 0) is 13.1 Å². The molecule has 3 heterocycles. The van der Waals surface area contributed by atoms with Crippen LogP contribution in [-0.4, -0.2) is 33.8 Å². The molecule has 0 fully saturated rings. The number of hydrogen-bond acceptors (Lipinski definition) is 6. The van der Waals surface area contributed by atoms with Crippen LogP contribution in [0, 0.1) is 21.8 Å². The normalized spacial score (nSPS) is 11.2. The largest absolute Gasteiger partial charge is 0.358 e. The second kappa shape index (κ2) is 8.40. The highest BCUT2D eigenvalue weighted by molar-refractivity contribution is 7.71. The molecule has 164 valence electrons. The molecule has 3 aromatic heterocycles. The van der Waals surface area contributed by atoms with Crippen LogP contribution >= 0.6 is 12.2 Å². The molecular formula is C23H19N7O2S. The molecule has 9 nitrogen and oxygen atoms in total. The van der Waals surface area contributed by atoms with Crippen molar-refractivity contribution >= 4 is 28.8 Å². The fourth-order valence-electron chi connectivity index (χ4n) is 3.93. The lowest BCUT2D eigenvalue weighted by Gasteiger charge is -2.10. The smallest absolute Gasteiger partial charge is 0.342 e. The van der Waals surface area contributed by atoms with E-state index in [4.69, 9.17) is 17.3 Å². The van der Waals surface area contributed by atoms with Gasteiger partial charge in [0.05, 0.1) is 12.2 Å². The average Bonchev–Trinajstić information content (AvgIpc) is 3.37. The Kier molecular flexibility index (Phi) is 5.27. The summed E-state index contributed by atoms with van der Waals surface area (Å²) in [6, 6.07) is 17.9. The number of pyridine rings is 1. The molecule has 2 aromatic carbocycles. The van der Waals surface area contributed by atoms with Crippen LogP contribution < -0.4 is 0 Å². The van der Waals surface area contributed by atoms with Crippen LogP contribution in [0.4, 0.5) is 5.82 Å². The van der Waals surface area contributed by atoms with Gasteiger partial charge in [-0.05, 0) is 40.7 Å². The van der Waals surface area contributed by atoms with Gasteiger partial charge in [0, 0.05) is 30.3 Å². The van der Waals surface area contributed by atoms with Crippen molar-refractivity contribution < 1.29 is 4.92 Å². The molecule has 0 bridgehead atoms. The molecule has 10 heteroatoms. The van der Waals surface area contributed by atoms with Crippen molar-refractivity contribution in [2.24, 2.45) is 0 Å². The van der Waals surface area contributed by atoms with Gasteiger partial charge < -0.3 is 10.1 Å². The lowest BCUT2D eigenvalue weighted by atomic mass is 10.1. The summed E-state index contributed by atoms with van der Waals surface area (Å²) in [6.07, 6.45) is 4.72. The first-order valence-electron chi connectivity index (χ1n) is 10.3. The van der Waals surface area contributed by atoms with E-state index >= 15 is 0 Å². The second-order valence-electron chi connectivity index (χ2n) is 7.48. The van der Waals surface area contributed by atoms with Crippen LogP contribution in [0.1, 0.15) is 5.82 Å². The molecule has 0 saturated carbocycles. The molecule has 0 N–H and O–H groups in total. The van der Waals surface area contributed by atoms with Gasteiger partial charge in [0.1, 0.15) is 12.7 Å². The summed E-state index contributed by atoms with van der Waals surface area (Å²) in [4.78, 5) is 19.2. The second-order valence-corrected chi connectivity index (χ2v) is 7.84. The first-order valence-corrected chi connectivity index (χ1v) is 10.7. The minimum Gasteiger partial charge on any atom is -0.358 e. The Morgan fingerprint density at radius 1 is 1.03 bits per heavy atom. The summed E-state index contributed by atoms with van der Waals surface area (Å²) >= 11 is 5.85. The molecular weight excluding hydrogens is 438 g/mol. The molecule has 0 aliphatic heterocycles. The van der Waals surface area contributed by atoms with Crippen LogP contribution in [0.2, 0.25) is 0 Å². The highest BCUT2D eigenvalue weighted by Gasteiger charge is 2.20. The Bertz CT molecular complexity index is 1530. The zero-order valence-electron chi connectivity index (χ0n) is 17.7.